The molecule has 0 saturated carbocycles. The van der Waals surface area contributed by atoms with Gasteiger partial charge >= 0.3 is 29.6 Å². The zero-order valence-electron chi connectivity index (χ0n) is 49.7. The minimum absolute atomic E-state index is 0. The molecule has 0 aliphatic carbocycles. The van der Waals surface area contributed by atoms with Crippen LogP contribution in [0.15, 0.2) is 0 Å². The number of hydrogen-bond acceptors (Lipinski definition) is 42. The first-order valence-corrected chi connectivity index (χ1v) is 30.8. The van der Waals surface area contributed by atoms with E-state index in [9.17, 15) is 127 Å². The molecule has 94 heavy (non-hydrogen) atoms. The van der Waals surface area contributed by atoms with Crippen LogP contribution in [-0.2, 0) is 80.6 Å². The Kier molecular flexibility index (Phi) is 29.0. The zero-order valence-corrected chi connectivity index (χ0v) is 52.5. The first-order valence-electron chi connectivity index (χ1n) is 29.7. The Balaban J connectivity index is 0.0000113. The molecule has 0 radical (unpaired) electrons. The number of carbonyl (C=O) groups is 1. The van der Waals surface area contributed by atoms with E-state index >= 15 is 0 Å². The molecule has 0 spiro atoms. The molecule has 40 atom stereocenters. The van der Waals surface area contributed by atoms with Crippen molar-refractivity contribution in [1.82, 2.24) is 0 Å². The van der Waals surface area contributed by atoms with E-state index < -0.39 is 304 Å². The summed E-state index contributed by atoms with van der Waals surface area (Å²) in [5.41, 5.74) is 0. The Morgan fingerprint density at radius 1 is 0.255 bits per heavy atom. The van der Waals surface area contributed by atoms with Crippen molar-refractivity contribution in [2.24, 2.45) is 0 Å². The molecule has 16 bridgehead atoms. The Hall–Kier alpha value is -0.740. The largest absolute Gasteiger partial charge is 1.00 e. The van der Waals surface area contributed by atoms with Crippen LogP contribution >= 0.6 is 11.8 Å². The third-order valence-corrected chi connectivity index (χ3v) is 18.5. The second-order valence-corrected chi connectivity index (χ2v) is 24.6. The number of rotatable bonds is 12. The average Bonchev–Trinajstić information content (AvgIpc) is 0.782. The van der Waals surface area contributed by atoms with E-state index in [-0.39, 0.29) is 41.1 Å². The Labute approximate surface area is 558 Å². The number of aliphatic hydroxyl groups is 23. The standard InChI is InChI=1S/C51H84O41S.Na/c52-3-11-36-20(61)28(69)44(77-11)86-37-12(4-53)79-46(30(71)22(37)63)88-39-14(6-55)81-48(32(73)24(39)65)90-41-16(8-57)83-50(34(75)26(41)67)92-43-18(10-93-2-1-19(59)60)84-51(35(76)27(43)68)91-42-17(9-58)82-49(33(74)25(42)66)89-40-15(7-56)80-47(31(72)23(40)64)87-38-13(5-54)78-45(85-36)29(70)21(38)62;/h11-18,20-58,61-76H,1-10H2,(H,59,60);/q;+1/p-1/t11?,12?,13?,14?,15?,16?,17?,18?,20?,21?,22?,23?,24?,25?,26?,27?,28?,29?,30?,31?,32?,33?,34?,35?,36-,37-,38-,39-,40-,41-,42-,43-,44-,45-,46-,47-,48-,49-,50-,51-;/m1./s1. The van der Waals surface area contributed by atoms with Gasteiger partial charge in [0.2, 0.25) is 0 Å². The third-order valence-electron chi connectivity index (χ3n) is 17.4. The Bertz CT molecular complexity index is 2300. The van der Waals surface area contributed by atoms with Crippen LogP contribution in [-0.4, -0.2) is 427 Å². The van der Waals surface area contributed by atoms with Crippen molar-refractivity contribution in [3.8, 4) is 0 Å². The summed E-state index contributed by atoms with van der Waals surface area (Å²) in [5.74, 6) is -1.98. The van der Waals surface area contributed by atoms with E-state index in [0.717, 1.165) is 11.8 Å². The first-order chi connectivity index (χ1) is 44.2. The normalized spacial score (nSPS) is 52.4. The van der Waals surface area contributed by atoms with Gasteiger partial charge < -0.3 is 203 Å². The van der Waals surface area contributed by atoms with E-state index in [1.165, 1.54) is 0 Å². The van der Waals surface area contributed by atoms with Gasteiger partial charge in [-0.2, -0.15) is 11.8 Å². The quantitative estimate of drug-likeness (QED) is 0.0637. The van der Waals surface area contributed by atoms with Crippen LogP contribution < -0.4 is 34.7 Å². The van der Waals surface area contributed by atoms with E-state index in [4.69, 9.17) is 75.8 Å². The number of hydrogen-bond donors (Lipinski definition) is 23. The molecule has 0 amide bonds. The zero-order chi connectivity index (χ0) is 67.8. The molecule has 43 heteroatoms. The second-order valence-electron chi connectivity index (χ2n) is 23.5. The van der Waals surface area contributed by atoms with Crippen LogP contribution in [0.25, 0.3) is 0 Å². The maximum absolute atomic E-state index is 11.7. The summed E-state index contributed by atoms with van der Waals surface area (Å²) >= 11 is 0.859. The van der Waals surface area contributed by atoms with Gasteiger partial charge in [-0.15, -0.1) is 0 Å². The van der Waals surface area contributed by atoms with Gasteiger partial charge in [0.25, 0.3) is 0 Å². The van der Waals surface area contributed by atoms with Crippen molar-refractivity contribution in [2.75, 3.05) is 57.8 Å². The molecule has 23 N–H and O–H groups in total. The molecule has 30 fully saturated rings. The summed E-state index contributed by atoms with van der Waals surface area (Å²) in [5, 5.41) is 268. The van der Waals surface area contributed by atoms with Crippen LogP contribution in [0.5, 0.6) is 0 Å². The minimum atomic E-state index is -2.27. The number of carboxylic acids is 1. The summed E-state index contributed by atoms with van der Waals surface area (Å²) in [7, 11) is 0. The first kappa shape index (κ1) is 79.0. The summed E-state index contributed by atoms with van der Waals surface area (Å²) in [6.45, 7) is -7.64. The number of ether oxygens (including phenoxy) is 16. The van der Waals surface area contributed by atoms with Crippen molar-refractivity contribution in [3.05, 3.63) is 0 Å². The summed E-state index contributed by atoms with van der Waals surface area (Å²) in [4.78, 5) is 11.3. The fraction of sp³-hybridized carbons (Fsp3) is 0.980. The average molecular weight is 1410 g/mol. The summed E-state index contributed by atoms with van der Waals surface area (Å²) < 4.78 is 92.1. The Morgan fingerprint density at radius 3 is 0.553 bits per heavy atom. The second kappa shape index (κ2) is 34.5. The molecule has 0 aromatic rings. The molecule has 540 valence electrons. The fourth-order valence-corrected chi connectivity index (χ4v) is 13.2. The predicted molar refractivity (Wildman–Crippen MR) is 281 cm³/mol. The summed E-state index contributed by atoms with van der Waals surface area (Å²) in [6.07, 6.45) is -82.7. The number of aliphatic carboxylic acids is 1. The molecule has 30 heterocycles. The van der Waals surface area contributed by atoms with Crippen molar-refractivity contribution in [3.63, 3.8) is 0 Å². The van der Waals surface area contributed by atoms with Crippen LogP contribution in [0.1, 0.15) is 6.42 Å². The van der Waals surface area contributed by atoms with Gasteiger partial charge in [-0.25, -0.2) is 0 Å². The van der Waals surface area contributed by atoms with Gasteiger partial charge in [0, 0.05) is 11.7 Å². The molecule has 24 unspecified atom stereocenters. The van der Waals surface area contributed by atoms with Crippen molar-refractivity contribution >= 4 is 17.7 Å². The Morgan fingerprint density at radius 2 is 0.404 bits per heavy atom. The summed E-state index contributed by atoms with van der Waals surface area (Å²) in [6, 6.07) is 0. The van der Waals surface area contributed by atoms with Crippen LogP contribution in [0.2, 0.25) is 0 Å². The van der Waals surface area contributed by atoms with Gasteiger partial charge in [0.15, 0.2) is 50.3 Å². The molecule has 0 aromatic heterocycles. The van der Waals surface area contributed by atoms with Crippen molar-refractivity contribution in [1.29, 1.82) is 0 Å². The molecule has 41 nitrogen and oxygen atoms in total. The molecular formula is C51H83NaO41S. The van der Waals surface area contributed by atoms with E-state index in [2.05, 4.69) is 0 Å². The van der Waals surface area contributed by atoms with Crippen LogP contribution in [0.4, 0.5) is 0 Å². The molecule has 30 rings (SSSR count). The number of aliphatic hydroxyl groups excluding tert-OH is 23. The molecule has 30 saturated heterocycles. The molecule has 30 aliphatic heterocycles. The molecule has 30 aliphatic rings. The van der Waals surface area contributed by atoms with Crippen LogP contribution in [0.3, 0.4) is 0 Å². The topological polar surface area (TPSA) is 653 Å². The van der Waals surface area contributed by atoms with Gasteiger partial charge in [0.05, 0.1) is 52.4 Å². The minimum Gasteiger partial charge on any atom is -0.550 e. The van der Waals surface area contributed by atoms with E-state index in [1.54, 1.807) is 0 Å². The maximum atomic E-state index is 11.7. The smallest absolute Gasteiger partial charge is 0.550 e. The SMILES string of the molecule is O=C([O-])CCSCC1O[C@@H]2O[C@@H]3C(CO)O[C@H](O[C@@H]4C(CO)O[C@H](O[C@@H]5C(CO)O[C@H](O[C@@H]6C(CO)O[C@H](O[C@@H]7C(CO)O[C@H](O[C@@H]8C(CO)O[C@H](O[C@@H]9C(CO)O[C@H](O[C@H]1C(O)C2O)C(O)C9O)C(O)C8O)C(O)C7O)C(O)C6O)C(O)C5O)C(O)C4O)C(O)C3O.[Na+]. The van der Waals surface area contributed by atoms with Gasteiger partial charge in [-0.05, 0) is 12.2 Å². The number of carbonyl (C=O) groups excluding carboxylic acids is 1. The van der Waals surface area contributed by atoms with Crippen LogP contribution in [0, 0.1) is 0 Å². The number of carboxylic acid groups (broad SMARTS) is 1. The monoisotopic (exact) mass is 1410 g/mol. The van der Waals surface area contributed by atoms with Gasteiger partial charge in [-0.3, -0.25) is 0 Å². The number of thioether (sulfide) groups is 1. The van der Waals surface area contributed by atoms with E-state index in [1.807, 2.05) is 0 Å². The third kappa shape index (κ3) is 16.5. The van der Waals surface area contributed by atoms with Gasteiger partial charge in [0.1, 0.15) is 189 Å². The van der Waals surface area contributed by atoms with Gasteiger partial charge in [-0.1, -0.05) is 0 Å². The molecular weight excluding hydrogens is 1320 g/mol. The van der Waals surface area contributed by atoms with E-state index in [0.29, 0.717) is 0 Å². The van der Waals surface area contributed by atoms with Crippen molar-refractivity contribution < 1.29 is 233 Å². The predicted octanol–water partition coefficient (Wildman–Crippen LogP) is -20.5. The maximum Gasteiger partial charge on any atom is 1.00 e. The van der Waals surface area contributed by atoms with Crippen molar-refractivity contribution in [2.45, 2.75) is 252 Å². The fourth-order valence-electron chi connectivity index (χ4n) is 12.2. The molecule has 0 aromatic carbocycles.